The molecule has 0 saturated heterocycles. The topological polar surface area (TPSA) is 56.7 Å². The van der Waals surface area contributed by atoms with E-state index in [0.29, 0.717) is 0 Å². The molecule has 18 heavy (non-hydrogen) atoms. The number of aryl methyl sites for hydroxylation is 2. The first-order valence-corrected chi connectivity index (χ1v) is 5.80. The number of nitrogens with two attached hydrogens (primary N) is 1. The Labute approximate surface area is 105 Å². The molecule has 0 aliphatic heterocycles. The highest BCUT2D eigenvalue weighted by atomic mass is 15.1. The van der Waals surface area contributed by atoms with Crippen LogP contribution in [0.15, 0.2) is 36.7 Å². The van der Waals surface area contributed by atoms with Crippen molar-refractivity contribution in [2.24, 2.45) is 7.05 Å². The molecule has 0 aliphatic carbocycles. The Morgan fingerprint density at radius 3 is 2.83 bits per heavy atom. The maximum atomic E-state index is 6.04. The van der Waals surface area contributed by atoms with E-state index in [9.17, 15) is 0 Å². The van der Waals surface area contributed by atoms with Gasteiger partial charge in [0.2, 0.25) is 0 Å². The van der Waals surface area contributed by atoms with E-state index in [-0.39, 0.29) is 0 Å². The van der Waals surface area contributed by atoms with Crippen molar-refractivity contribution < 1.29 is 0 Å². The highest BCUT2D eigenvalue weighted by Gasteiger charge is 2.12. The lowest BCUT2D eigenvalue weighted by atomic mass is 10.1. The molecule has 2 N–H and O–H groups in total. The highest BCUT2D eigenvalue weighted by molar-refractivity contribution is 5.83. The van der Waals surface area contributed by atoms with Crippen LogP contribution in [0.5, 0.6) is 0 Å². The van der Waals surface area contributed by atoms with Gasteiger partial charge in [0.15, 0.2) is 0 Å². The standard InChI is InChI=1S/C14H14N4/c1-9-3-4-11(15)10(7-9)14-17-12-8-16-6-5-13(12)18(14)2/h3-8H,15H2,1-2H3. The average molecular weight is 238 g/mol. The maximum Gasteiger partial charge on any atom is 0.143 e. The number of benzene rings is 1. The van der Waals surface area contributed by atoms with Crippen molar-refractivity contribution in [3.8, 4) is 11.4 Å². The lowest BCUT2D eigenvalue weighted by Gasteiger charge is -2.07. The van der Waals surface area contributed by atoms with E-state index in [2.05, 4.69) is 16.0 Å². The zero-order chi connectivity index (χ0) is 12.7. The SMILES string of the molecule is Cc1ccc(N)c(-c2nc3cnccc3n2C)c1. The van der Waals surface area contributed by atoms with Gasteiger partial charge in [0.1, 0.15) is 11.3 Å². The molecular formula is C14H14N4. The summed E-state index contributed by atoms with van der Waals surface area (Å²) in [6.45, 7) is 2.05. The van der Waals surface area contributed by atoms with E-state index in [1.165, 1.54) is 5.56 Å². The second kappa shape index (κ2) is 3.84. The number of pyridine rings is 1. The van der Waals surface area contributed by atoms with Crippen LogP contribution in [0.3, 0.4) is 0 Å². The van der Waals surface area contributed by atoms with Gasteiger partial charge in [-0.1, -0.05) is 11.6 Å². The fourth-order valence-electron chi connectivity index (χ4n) is 2.16. The van der Waals surface area contributed by atoms with Crippen LogP contribution in [-0.4, -0.2) is 14.5 Å². The van der Waals surface area contributed by atoms with E-state index in [4.69, 9.17) is 5.73 Å². The second-order valence-corrected chi connectivity index (χ2v) is 4.45. The monoisotopic (exact) mass is 238 g/mol. The Hall–Kier alpha value is -2.36. The van der Waals surface area contributed by atoms with Gasteiger partial charge in [-0.15, -0.1) is 0 Å². The Morgan fingerprint density at radius 2 is 2.06 bits per heavy atom. The number of aromatic nitrogens is 3. The zero-order valence-electron chi connectivity index (χ0n) is 10.4. The summed E-state index contributed by atoms with van der Waals surface area (Å²) in [5.41, 5.74) is 10.9. The molecule has 0 unspecified atom stereocenters. The Morgan fingerprint density at radius 1 is 1.22 bits per heavy atom. The van der Waals surface area contributed by atoms with Gasteiger partial charge in [-0.25, -0.2) is 4.98 Å². The molecular weight excluding hydrogens is 224 g/mol. The summed E-state index contributed by atoms with van der Waals surface area (Å²) in [7, 11) is 1.99. The van der Waals surface area contributed by atoms with E-state index >= 15 is 0 Å². The first kappa shape index (κ1) is 10.8. The Kier molecular flexibility index (Phi) is 2.30. The summed E-state index contributed by atoms with van der Waals surface area (Å²) in [6, 6.07) is 7.94. The minimum absolute atomic E-state index is 0.743. The van der Waals surface area contributed by atoms with E-state index in [0.717, 1.165) is 28.1 Å². The molecule has 0 fully saturated rings. The molecule has 0 bridgehead atoms. The smallest absolute Gasteiger partial charge is 0.143 e. The number of anilines is 1. The second-order valence-electron chi connectivity index (χ2n) is 4.45. The Balaban J connectivity index is 2.31. The molecule has 0 amide bonds. The van der Waals surface area contributed by atoms with Gasteiger partial charge in [-0.3, -0.25) is 4.98 Å². The van der Waals surface area contributed by atoms with Crippen molar-refractivity contribution >= 4 is 16.7 Å². The van der Waals surface area contributed by atoms with Crippen molar-refractivity contribution in [3.05, 3.63) is 42.2 Å². The quantitative estimate of drug-likeness (QED) is 0.663. The predicted octanol–water partition coefficient (Wildman–Crippen LogP) is 2.53. The van der Waals surface area contributed by atoms with Crippen molar-refractivity contribution in [3.63, 3.8) is 0 Å². The molecule has 2 aromatic heterocycles. The lowest BCUT2D eigenvalue weighted by Crippen LogP contribution is -1.97. The van der Waals surface area contributed by atoms with Crippen LogP contribution >= 0.6 is 0 Å². The van der Waals surface area contributed by atoms with Crippen molar-refractivity contribution in [2.45, 2.75) is 6.92 Å². The molecule has 1 aromatic carbocycles. The Bertz CT molecular complexity index is 728. The zero-order valence-corrected chi connectivity index (χ0v) is 10.4. The van der Waals surface area contributed by atoms with Crippen molar-refractivity contribution in [1.29, 1.82) is 0 Å². The number of fused-ring (bicyclic) bond motifs is 1. The van der Waals surface area contributed by atoms with E-state index in [1.54, 1.807) is 12.4 Å². The maximum absolute atomic E-state index is 6.04. The van der Waals surface area contributed by atoms with Gasteiger partial charge in [-0.05, 0) is 25.1 Å². The molecule has 0 radical (unpaired) electrons. The minimum atomic E-state index is 0.743. The third-order valence-corrected chi connectivity index (χ3v) is 3.13. The van der Waals surface area contributed by atoms with Crippen LogP contribution in [0.25, 0.3) is 22.4 Å². The van der Waals surface area contributed by atoms with E-state index in [1.807, 2.05) is 36.7 Å². The molecule has 0 atom stereocenters. The van der Waals surface area contributed by atoms with Crippen LogP contribution in [0, 0.1) is 6.92 Å². The molecule has 3 aromatic rings. The first-order valence-electron chi connectivity index (χ1n) is 5.80. The van der Waals surface area contributed by atoms with Gasteiger partial charge in [-0.2, -0.15) is 0 Å². The number of imidazole rings is 1. The van der Waals surface area contributed by atoms with Crippen LogP contribution in [0.2, 0.25) is 0 Å². The largest absolute Gasteiger partial charge is 0.398 e. The van der Waals surface area contributed by atoms with Crippen molar-refractivity contribution in [1.82, 2.24) is 14.5 Å². The summed E-state index contributed by atoms with van der Waals surface area (Å²) in [5.74, 6) is 0.874. The van der Waals surface area contributed by atoms with Gasteiger partial charge in [0, 0.05) is 24.5 Å². The first-order chi connectivity index (χ1) is 8.66. The van der Waals surface area contributed by atoms with Gasteiger partial charge in [0.05, 0.1) is 11.7 Å². The molecule has 2 heterocycles. The lowest BCUT2D eigenvalue weighted by molar-refractivity contribution is 0.959. The normalized spacial score (nSPS) is 11.0. The molecule has 90 valence electrons. The summed E-state index contributed by atoms with van der Waals surface area (Å²) in [5, 5.41) is 0. The molecule has 4 nitrogen and oxygen atoms in total. The number of nitrogen functional groups attached to an aromatic ring is 1. The summed E-state index contributed by atoms with van der Waals surface area (Å²) >= 11 is 0. The number of hydrogen-bond acceptors (Lipinski definition) is 3. The molecule has 0 saturated carbocycles. The van der Waals surface area contributed by atoms with Gasteiger partial charge in [0.25, 0.3) is 0 Å². The van der Waals surface area contributed by atoms with Crippen LogP contribution in [-0.2, 0) is 7.05 Å². The predicted molar refractivity (Wildman–Crippen MR) is 73.1 cm³/mol. The number of hydrogen-bond donors (Lipinski definition) is 1. The van der Waals surface area contributed by atoms with Gasteiger partial charge < -0.3 is 10.3 Å². The third-order valence-electron chi connectivity index (χ3n) is 3.13. The van der Waals surface area contributed by atoms with Crippen LogP contribution < -0.4 is 5.73 Å². The highest BCUT2D eigenvalue weighted by Crippen LogP contribution is 2.28. The van der Waals surface area contributed by atoms with E-state index < -0.39 is 0 Å². The van der Waals surface area contributed by atoms with Crippen LogP contribution in [0.4, 0.5) is 5.69 Å². The summed E-state index contributed by atoms with van der Waals surface area (Å²) in [6.07, 6.45) is 3.54. The molecule has 3 rings (SSSR count). The molecule has 0 spiro atoms. The summed E-state index contributed by atoms with van der Waals surface area (Å²) < 4.78 is 2.04. The number of rotatable bonds is 1. The van der Waals surface area contributed by atoms with Gasteiger partial charge >= 0.3 is 0 Å². The average Bonchev–Trinajstić information content (AvgIpc) is 2.71. The fraction of sp³-hybridized carbons (Fsp3) is 0.143. The number of nitrogens with zero attached hydrogens (tertiary/aromatic N) is 3. The van der Waals surface area contributed by atoms with Crippen molar-refractivity contribution in [2.75, 3.05) is 5.73 Å². The van der Waals surface area contributed by atoms with Crippen LogP contribution in [0.1, 0.15) is 5.56 Å². The molecule has 4 heteroatoms. The minimum Gasteiger partial charge on any atom is -0.398 e. The summed E-state index contributed by atoms with van der Waals surface area (Å²) in [4.78, 5) is 8.70. The fourth-order valence-corrected chi connectivity index (χ4v) is 2.16. The third kappa shape index (κ3) is 1.54. The molecule has 0 aliphatic rings.